The van der Waals surface area contributed by atoms with Crippen LogP contribution in [0, 0.1) is 6.92 Å². The van der Waals surface area contributed by atoms with Crippen molar-refractivity contribution in [1.29, 1.82) is 0 Å². The lowest BCUT2D eigenvalue weighted by Crippen LogP contribution is -2.43. The Labute approximate surface area is 157 Å². The van der Waals surface area contributed by atoms with E-state index in [2.05, 4.69) is 5.32 Å². The third-order valence-corrected chi connectivity index (χ3v) is 5.12. The van der Waals surface area contributed by atoms with Gasteiger partial charge < -0.3 is 10.1 Å². The van der Waals surface area contributed by atoms with Gasteiger partial charge in [-0.25, -0.2) is 4.79 Å². The number of carbonyl (C=O) groups excluding carboxylic acids is 3. The molecule has 6 heteroatoms. The maximum absolute atomic E-state index is 12.1. The van der Waals surface area contributed by atoms with E-state index in [0.29, 0.717) is 11.3 Å². The molecule has 1 aromatic carbocycles. The molecule has 0 spiro atoms. The highest BCUT2D eigenvalue weighted by Crippen LogP contribution is 2.22. The van der Waals surface area contributed by atoms with Gasteiger partial charge >= 0.3 is 5.97 Å². The third-order valence-electron chi connectivity index (χ3n) is 4.05. The van der Waals surface area contributed by atoms with Gasteiger partial charge in [0.25, 0.3) is 5.91 Å². The number of hydrogen-bond donors (Lipinski definition) is 1. The summed E-state index contributed by atoms with van der Waals surface area (Å²) < 4.78 is 5.08. The first-order valence-electron chi connectivity index (χ1n) is 8.50. The van der Waals surface area contributed by atoms with Gasteiger partial charge in [-0.05, 0) is 43.9 Å². The molecule has 0 radical (unpaired) electrons. The number of ketones is 1. The van der Waals surface area contributed by atoms with Gasteiger partial charge in [0.1, 0.15) is 4.88 Å². The van der Waals surface area contributed by atoms with Crippen LogP contribution in [0.4, 0.5) is 0 Å². The summed E-state index contributed by atoms with van der Waals surface area (Å²) in [7, 11) is 0. The lowest BCUT2D eigenvalue weighted by atomic mass is 10.0. The van der Waals surface area contributed by atoms with Crippen molar-refractivity contribution in [3.63, 3.8) is 0 Å². The molecule has 0 unspecified atom stereocenters. The Hall–Kier alpha value is -2.47. The van der Waals surface area contributed by atoms with E-state index in [9.17, 15) is 14.4 Å². The Morgan fingerprint density at radius 1 is 1.19 bits per heavy atom. The average Bonchev–Trinajstić information content (AvgIpc) is 3.01. The molecule has 0 saturated carbocycles. The van der Waals surface area contributed by atoms with Crippen molar-refractivity contribution in [2.45, 2.75) is 39.7 Å². The summed E-state index contributed by atoms with van der Waals surface area (Å²) in [6.45, 7) is 5.00. The Morgan fingerprint density at radius 2 is 1.88 bits per heavy atom. The average molecular weight is 373 g/mol. The number of amides is 1. The van der Waals surface area contributed by atoms with Crippen molar-refractivity contribution in [3.05, 3.63) is 57.3 Å². The third kappa shape index (κ3) is 5.52. The lowest BCUT2D eigenvalue weighted by molar-refractivity contribution is -0.128. The van der Waals surface area contributed by atoms with Crippen LogP contribution < -0.4 is 5.32 Å². The van der Waals surface area contributed by atoms with Crippen LogP contribution in [0.1, 0.15) is 39.5 Å². The molecule has 0 bridgehead atoms. The van der Waals surface area contributed by atoms with Gasteiger partial charge in [0.05, 0.1) is 6.04 Å². The second-order valence-electron chi connectivity index (χ2n) is 6.04. The predicted molar refractivity (Wildman–Crippen MR) is 101 cm³/mol. The molecular weight excluding hydrogens is 350 g/mol. The lowest BCUT2D eigenvalue weighted by Gasteiger charge is -2.16. The summed E-state index contributed by atoms with van der Waals surface area (Å²) >= 11 is 1.36. The Morgan fingerprint density at radius 3 is 2.46 bits per heavy atom. The van der Waals surface area contributed by atoms with Crippen molar-refractivity contribution >= 4 is 29.0 Å². The molecular formula is C20H23NO4S. The van der Waals surface area contributed by atoms with E-state index in [1.165, 1.54) is 18.3 Å². The van der Waals surface area contributed by atoms with Gasteiger partial charge in [-0.15, -0.1) is 11.3 Å². The van der Waals surface area contributed by atoms with Gasteiger partial charge in [0, 0.05) is 4.88 Å². The summed E-state index contributed by atoms with van der Waals surface area (Å²) in [5.74, 6) is -1.15. The molecule has 1 amide bonds. The number of hydrogen-bond acceptors (Lipinski definition) is 5. The first-order valence-corrected chi connectivity index (χ1v) is 9.32. The van der Waals surface area contributed by atoms with Crippen LogP contribution in [0.25, 0.3) is 0 Å². The molecule has 138 valence electrons. The van der Waals surface area contributed by atoms with E-state index in [1.54, 1.807) is 6.07 Å². The van der Waals surface area contributed by atoms with Crippen LogP contribution in [0.3, 0.4) is 0 Å². The summed E-state index contributed by atoms with van der Waals surface area (Å²) in [6, 6.07) is 10.6. The van der Waals surface area contributed by atoms with Crippen molar-refractivity contribution < 1.29 is 19.1 Å². The number of ether oxygens (including phenoxy) is 1. The Kier molecular flexibility index (Phi) is 7.09. The second-order valence-corrected chi connectivity index (χ2v) is 7.30. The summed E-state index contributed by atoms with van der Waals surface area (Å²) in [5.41, 5.74) is 2.05. The quantitative estimate of drug-likeness (QED) is 0.722. The number of carbonyl (C=O) groups is 3. The number of esters is 1. The minimum absolute atomic E-state index is 0.144. The smallest absolute Gasteiger partial charge is 0.348 e. The number of rotatable bonds is 8. The Bertz CT molecular complexity index is 782. The molecule has 0 aliphatic heterocycles. The van der Waals surface area contributed by atoms with Crippen LogP contribution in [0.5, 0.6) is 0 Å². The highest BCUT2D eigenvalue weighted by molar-refractivity contribution is 7.14. The minimum atomic E-state index is -0.640. The molecule has 0 fully saturated rings. The molecule has 1 heterocycles. The van der Waals surface area contributed by atoms with Crippen molar-refractivity contribution in [3.8, 4) is 0 Å². The fraction of sp³-hybridized carbons (Fsp3) is 0.350. The van der Waals surface area contributed by atoms with Gasteiger partial charge in [0.2, 0.25) is 0 Å². The maximum Gasteiger partial charge on any atom is 0.348 e. The summed E-state index contributed by atoms with van der Waals surface area (Å²) in [5, 5.41) is 2.64. The molecule has 1 atom stereocenters. The zero-order valence-corrected chi connectivity index (χ0v) is 16.0. The molecule has 0 aliphatic carbocycles. The largest absolute Gasteiger partial charge is 0.451 e. The van der Waals surface area contributed by atoms with E-state index in [4.69, 9.17) is 4.74 Å². The van der Waals surface area contributed by atoms with E-state index in [0.717, 1.165) is 22.4 Å². The van der Waals surface area contributed by atoms with E-state index < -0.39 is 24.5 Å². The Balaban J connectivity index is 1.89. The normalized spacial score (nSPS) is 11.7. The molecule has 2 rings (SSSR count). The molecule has 0 saturated heterocycles. The standard InChI is InChI=1S/C20H23NO4S/c1-4-16-11-18(26-14(16)3)20(24)25-12-19(23)21-17(13(2)22)10-15-8-6-5-7-9-15/h5-9,11,17H,4,10,12H2,1-3H3,(H,21,23)/t17-/m1/s1. The van der Waals surface area contributed by atoms with E-state index in [1.807, 2.05) is 44.2 Å². The van der Waals surface area contributed by atoms with E-state index >= 15 is 0 Å². The summed E-state index contributed by atoms with van der Waals surface area (Å²) in [4.78, 5) is 37.5. The zero-order valence-electron chi connectivity index (χ0n) is 15.2. The highest BCUT2D eigenvalue weighted by Gasteiger charge is 2.19. The van der Waals surface area contributed by atoms with Gasteiger partial charge in [-0.1, -0.05) is 37.3 Å². The number of Topliss-reactive ketones (excluding diaryl/α,β-unsaturated/α-hetero) is 1. The van der Waals surface area contributed by atoms with Crippen LogP contribution in [0.2, 0.25) is 0 Å². The SMILES string of the molecule is CCc1cc(C(=O)OCC(=O)N[C@H](Cc2ccccc2)C(C)=O)sc1C. The van der Waals surface area contributed by atoms with Gasteiger partial charge in [-0.2, -0.15) is 0 Å². The van der Waals surface area contributed by atoms with Crippen LogP contribution in [-0.2, 0) is 27.2 Å². The molecule has 1 N–H and O–H groups in total. The maximum atomic E-state index is 12.1. The molecule has 5 nitrogen and oxygen atoms in total. The topological polar surface area (TPSA) is 72.5 Å². The van der Waals surface area contributed by atoms with Gasteiger partial charge in [0.15, 0.2) is 12.4 Å². The number of nitrogens with one attached hydrogen (secondary N) is 1. The second kappa shape index (κ2) is 9.29. The number of aryl methyl sites for hydroxylation is 2. The van der Waals surface area contributed by atoms with E-state index in [-0.39, 0.29) is 5.78 Å². The molecule has 1 aromatic heterocycles. The van der Waals surface area contributed by atoms with Crippen LogP contribution in [0.15, 0.2) is 36.4 Å². The first kappa shape index (κ1) is 19.8. The molecule has 2 aromatic rings. The fourth-order valence-electron chi connectivity index (χ4n) is 2.56. The highest BCUT2D eigenvalue weighted by atomic mass is 32.1. The van der Waals surface area contributed by atoms with Gasteiger partial charge in [-0.3, -0.25) is 9.59 Å². The monoisotopic (exact) mass is 373 g/mol. The summed E-state index contributed by atoms with van der Waals surface area (Å²) in [6.07, 6.45) is 1.25. The van der Waals surface area contributed by atoms with Crippen LogP contribution >= 0.6 is 11.3 Å². The van der Waals surface area contributed by atoms with Crippen molar-refractivity contribution in [1.82, 2.24) is 5.32 Å². The van der Waals surface area contributed by atoms with Crippen LogP contribution in [-0.4, -0.2) is 30.3 Å². The number of thiophene rings is 1. The zero-order chi connectivity index (χ0) is 19.1. The molecule has 0 aliphatic rings. The van der Waals surface area contributed by atoms with Crippen molar-refractivity contribution in [2.75, 3.05) is 6.61 Å². The van der Waals surface area contributed by atoms with Crippen molar-refractivity contribution in [2.24, 2.45) is 0 Å². The fourth-order valence-corrected chi connectivity index (χ4v) is 3.56. The minimum Gasteiger partial charge on any atom is -0.451 e. The number of benzene rings is 1. The predicted octanol–water partition coefficient (Wildman–Crippen LogP) is 3.09. The first-order chi connectivity index (χ1) is 12.4. The molecule has 26 heavy (non-hydrogen) atoms.